The molecule has 146 valence electrons. The van der Waals surface area contributed by atoms with Gasteiger partial charge in [-0.15, -0.1) is 0 Å². The van der Waals surface area contributed by atoms with Crippen molar-refractivity contribution >= 4 is 11.9 Å². The van der Waals surface area contributed by atoms with E-state index in [0.29, 0.717) is 0 Å². The Morgan fingerprint density at radius 2 is 1.35 bits per heavy atom. The Bertz CT molecular complexity index is 477. The molecule has 0 spiro atoms. The summed E-state index contributed by atoms with van der Waals surface area (Å²) in [7, 11) is 0. The normalized spacial score (nSPS) is 12.8. The van der Waals surface area contributed by atoms with Crippen LogP contribution in [0.4, 0.5) is 0 Å². The van der Waals surface area contributed by atoms with Gasteiger partial charge in [0.15, 0.2) is 12.6 Å². The molecule has 26 heavy (non-hydrogen) atoms. The maximum Gasteiger partial charge on any atom is 0.333 e. The molecule has 0 N–H and O–H groups in total. The van der Waals surface area contributed by atoms with Gasteiger partial charge >= 0.3 is 11.9 Å². The molecule has 0 heterocycles. The lowest BCUT2D eigenvalue weighted by molar-refractivity contribution is -0.262. The third kappa shape index (κ3) is 9.65. The van der Waals surface area contributed by atoms with Crippen molar-refractivity contribution in [2.75, 3.05) is 13.2 Å². The van der Waals surface area contributed by atoms with Crippen LogP contribution in [-0.2, 0) is 38.0 Å². The summed E-state index contributed by atoms with van der Waals surface area (Å²) in [4.78, 5) is 23.5. The first-order valence-corrected chi connectivity index (χ1v) is 7.79. The topological polar surface area (TPSA) is 89.5 Å². The highest BCUT2D eigenvalue weighted by atomic mass is 16.8. The third-order valence-electron chi connectivity index (χ3n) is 2.86. The van der Waals surface area contributed by atoms with Gasteiger partial charge < -0.3 is 28.4 Å². The first-order chi connectivity index (χ1) is 12.3. The highest BCUT2D eigenvalue weighted by molar-refractivity contribution is 5.83. The molecule has 0 aliphatic heterocycles. The van der Waals surface area contributed by atoms with Gasteiger partial charge in [0.1, 0.15) is 6.61 Å². The quantitative estimate of drug-likeness (QED) is 0.188. The third-order valence-corrected chi connectivity index (χ3v) is 2.86. The van der Waals surface area contributed by atoms with Crippen molar-refractivity contribution in [3.05, 3.63) is 51.0 Å². The first-order valence-electron chi connectivity index (χ1n) is 7.79. The number of carbonyl (C=O) groups is 2. The molecule has 0 aromatic carbocycles. The van der Waals surface area contributed by atoms with E-state index in [1.807, 2.05) is 0 Å². The summed E-state index contributed by atoms with van der Waals surface area (Å²) in [5.74, 6) is -3.39. The number of rotatable bonds is 15. The molecule has 0 aromatic heterocycles. The molecule has 0 aromatic rings. The fourth-order valence-electron chi connectivity index (χ4n) is 1.68. The van der Waals surface area contributed by atoms with Crippen LogP contribution < -0.4 is 0 Å². The summed E-state index contributed by atoms with van der Waals surface area (Å²) in [6.07, 6.45) is 2.92. The summed E-state index contributed by atoms with van der Waals surface area (Å²) < 4.78 is 31.3. The Labute approximate surface area is 153 Å². The van der Waals surface area contributed by atoms with Gasteiger partial charge in [-0.2, -0.15) is 0 Å². The molecule has 0 saturated heterocycles. The smallest absolute Gasteiger partial charge is 0.333 e. The molecule has 0 aliphatic rings. The van der Waals surface area contributed by atoms with Crippen molar-refractivity contribution in [1.29, 1.82) is 0 Å². The number of carbonyl (C=O) groups excluding carboxylic acids is 2. The van der Waals surface area contributed by atoms with E-state index in [0.717, 1.165) is 12.2 Å². The van der Waals surface area contributed by atoms with Crippen LogP contribution in [0.1, 0.15) is 20.3 Å². The second kappa shape index (κ2) is 12.7. The lowest BCUT2D eigenvalue weighted by Gasteiger charge is -2.32. The van der Waals surface area contributed by atoms with E-state index in [-0.39, 0.29) is 19.6 Å². The Morgan fingerprint density at radius 1 is 0.885 bits per heavy atom. The second-order valence-corrected chi connectivity index (χ2v) is 4.83. The lowest BCUT2D eigenvalue weighted by atomic mass is 10.2. The molecule has 0 fully saturated rings. The Balaban J connectivity index is 5.26. The van der Waals surface area contributed by atoms with Gasteiger partial charge in [0.25, 0.3) is 5.79 Å². The van der Waals surface area contributed by atoms with Crippen LogP contribution in [0.25, 0.3) is 0 Å². The molecule has 0 saturated carbocycles. The molecule has 8 heteroatoms. The van der Waals surface area contributed by atoms with E-state index in [1.54, 1.807) is 13.8 Å². The van der Waals surface area contributed by atoms with Crippen molar-refractivity contribution in [1.82, 2.24) is 0 Å². The van der Waals surface area contributed by atoms with Crippen molar-refractivity contribution in [2.24, 2.45) is 0 Å². The van der Waals surface area contributed by atoms with E-state index < -0.39 is 30.3 Å². The van der Waals surface area contributed by atoms with E-state index in [4.69, 9.17) is 28.4 Å². The predicted molar refractivity (Wildman–Crippen MR) is 93.3 cm³/mol. The second-order valence-electron chi connectivity index (χ2n) is 4.83. The summed E-state index contributed by atoms with van der Waals surface area (Å²) in [6, 6.07) is 0. The fraction of sp³-hybridized carbons (Fsp3) is 0.444. The Hall–Kier alpha value is -2.58. The van der Waals surface area contributed by atoms with Gasteiger partial charge in [0.2, 0.25) is 0 Å². The summed E-state index contributed by atoms with van der Waals surface area (Å²) in [6.45, 7) is 16.4. The molecule has 2 atom stereocenters. The van der Waals surface area contributed by atoms with Crippen molar-refractivity contribution < 1.29 is 38.0 Å². The first kappa shape index (κ1) is 23.4. The maximum atomic E-state index is 11.7. The molecule has 2 unspecified atom stereocenters. The van der Waals surface area contributed by atoms with Crippen LogP contribution >= 0.6 is 0 Å². The van der Waals surface area contributed by atoms with Crippen LogP contribution in [0.3, 0.4) is 0 Å². The molecular weight excluding hydrogens is 344 g/mol. The van der Waals surface area contributed by atoms with Crippen LogP contribution in [0.2, 0.25) is 0 Å². The van der Waals surface area contributed by atoms with Crippen LogP contribution in [0, 0.1) is 0 Å². The Kier molecular flexibility index (Phi) is 11.5. The minimum absolute atomic E-state index is 0.0178. The Morgan fingerprint density at radius 3 is 1.77 bits per heavy atom. The van der Waals surface area contributed by atoms with Crippen molar-refractivity contribution in [3.63, 3.8) is 0 Å². The van der Waals surface area contributed by atoms with E-state index in [1.165, 1.54) is 12.5 Å². The molecular formula is C18H26O8. The SMILES string of the molecule is C=COC(C)OCCC(COC(C)OC=C)(OC(=O)C=C)OC(=O)C=C. The molecule has 8 nitrogen and oxygen atoms in total. The zero-order valence-electron chi connectivity index (χ0n) is 15.2. The zero-order valence-corrected chi connectivity index (χ0v) is 15.2. The fourth-order valence-corrected chi connectivity index (χ4v) is 1.68. The minimum Gasteiger partial charge on any atom is -0.473 e. The average Bonchev–Trinajstić information content (AvgIpc) is 2.60. The van der Waals surface area contributed by atoms with E-state index in [2.05, 4.69) is 26.3 Å². The summed E-state index contributed by atoms with van der Waals surface area (Å²) in [5, 5.41) is 0. The van der Waals surface area contributed by atoms with Gasteiger partial charge in [-0.05, 0) is 13.8 Å². The largest absolute Gasteiger partial charge is 0.473 e. The molecule has 0 radical (unpaired) electrons. The lowest BCUT2D eigenvalue weighted by Crippen LogP contribution is -2.46. The number of hydrogen-bond donors (Lipinski definition) is 0. The van der Waals surface area contributed by atoms with Gasteiger partial charge in [-0.3, -0.25) is 0 Å². The number of hydrogen-bond acceptors (Lipinski definition) is 8. The van der Waals surface area contributed by atoms with Crippen molar-refractivity contribution in [3.8, 4) is 0 Å². The molecule has 0 amide bonds. The predicted octanol–water partition coefficient (Wildman–Crippen LogP) is 2.58. The molecule has 0 rings (SSSR count). The van der Waals surface area contributed by atoms with Gasteiger partial charge in [0.05, 0.1) is 25.6 Å². The standard InChI is InChI=1S/C18H26O8/c1-7-16(19)25-18(26-17(20)8-2,13-24-15(6)22-10-4)11-12-23-14(5)21-9-3/h7-10,14-15H,1-4,11-13H2,5-6H3. The zero-order chi connectivity index (χ0) is 20.0. The maximum absolute atomic E-state index is 11.7. The number of esters is 2. The monoisotopic (exact) mass is 370 g/mol. The van der Waals surface area contributed by atoms with Crippen LogP contribution in [0.5, 0.6) is 0 Å². The number of ether oxygens (including phenoxy) is 6. The highest BCUT2D eigenvalue weighted by Gasteiger charge is 2.39. The molecule has 0 aliphatic carbocycles. The molecule has 0 bridgehead atoms. The van der Waals surface area contributed by atoms with Crippen molar-refractivity contribution in [2.45, 2.75) is 38.6 Å². The van der Waals surface area contributed by atoms with Gasteiger partial charge in [-0.1, -0.05) is 26.3 Å². The average molecular weight is 370 g/mol. The summed E-state index contributed by atoms with van der Waals surface area (Å²) in [5.41, 5.74) is 0. The van der Waals surface area contributed by atoms with E-state index >= 15 is 0 Å². The minimum atomic E-state index is -1.77. The van der Waals surface area contributed by atoms with Crippen LogP contribution in [0.15, 0.2) is 51.0 Å². The highest BCUT2D eigenvalue weighted by Crippen LogP contribution is 2.22. The van der Waals surface area contributed by atoms with E-state index in [9.17, 15) is 9.59 Å². The van der Waals surface area contributed by atoms with Gasteiger partial charge in [0, 0.05) is 12.2 Å². The summed E-state index contributed by atoms with van der Waals surface area (Å²) >= 11 is 0. The van der Waals surface area contributed by atoms with Gasteiger partial charge in [-0.25, -0.2) is 9.59 Å². The van der Waals surface area contributed by atoms with Crippen LogP contribution in [-0.4, -0.2) is 43.5 Å².